The molecule has 0 fully saturated rings. The van der Waals surface area contributed by atoms with E-state index < -0.39 is 0 Å². The van der Waals surface area contributed by atoms with Gasteiger partial charge in [-0.2, -0.15) is 0 Å². The number of hydrogen-bond donors (Lipinski definition) is 1. The van der Waals surface area contributed by atoms with Gasteiger partial charge in [-0.3, -0.25) is 4.79 Å². The average Bonchev–Trinajstić information content (AvgIpc) is 2.20. The van der Waals surface area contributed by atoms with Gasteiger partial charge in [0.2, 0.25) is 0 Å². The summed E-state index contributed by atoms with van der Waals surface area (Å²) in [5.74, 6) is 0.167. The van der Waals surface area contributed by atoms with Gasteiger partial charge in [-0.05, 0) is 25.0 Å². The van der Waals surface area contributed by atoms with E-state index >= 15 is 0 Å². The largest absolute Gasteiger partial charge is 0.507 e. The highest BCUT2D eigenvalue weighted by Crippen LogP contribution is 2.22. The number of benzene rings is 1. The first-order valence-corrected chi connectivity index (χ1v) is 5.02. The smallest absolute Gasteiger partial charge is 0.169 e. The predicted octanol–water partition coefficient (Wildman–Crippen LogP) is 3.01. The summed E-state index contributed by atoms with van der Waals surface area (Å²) in [5.41, 5.74) is 0.446. The van der Waals surface area contributed by atoms with Crippen molar-refractivity contribution in [2.24, 2.45) is 5.92 Å². The topological polar surface area (TPSA) is 37.3 Å². The Bertz CT molecular complexity index is 314. The number of phenols is 1. The van der Waals surface area contributed by atoms with Gasteiger partial charge in [0.25, 0.3) is 0 Å². The maximum Gasteiger partial charge on any atom is 0.169 e. The van der Waals surface area contributed by atoms with E-state index in [-0.39, 0.29) is 17.5 Å². The Labute approximate surface area is 84.6 Å². The van der Waals surface area contributed by atoms with Crippen LogP contribution in [-0.4, -0.2) is 10.9 Å². The fourth-order valence-corrected chi connectivity index (χ4v) is 1.56. The molecule has 0 spiro atoms. The van der Waals surface area contributed by atoms with E-state index in [2.05, 4.69) is 0 Å². The summed E-state index contributed by atoms with van der Waals surface area (Å²) < 4.78 is 0. The number of para-hydroxylation sites is 1. The molecule has 1 rings (SSSR count). The molecule has 0 aliphatic rings. The summed E-state index contributed by atoms with van der Waals surface area (Å²) in [5, 5.41) is 9.50. The number of carbonyl (C=O) groups excluding carboxylic acids is 1. The molecule has 0 heterocycles. The van der Waals surface area contributed by atoms with Gasteiger partial charge in [-0.1, -0.05) is 26.0 Å². The van der Waals surface area contributed by atoms with Crippen molar-refractivity contribution in [2.45, 2.75) is 26.7 Å². The third-order valence-corrected chi connectivity index (χ3v) is 2.53. The van der Waals surface area contributed by atoms with Crippen molar-refractivity contribution in [3.8, 4) is 5.75 Å². The molecule has 2 nitrogen and oxygen atoms in total. The van der Waals surface area contributed by atoms with E-state index in [1.54, 1.807) is 24.3 Å². The molecule has 1 aromatic carbocycles. The van der Waals surface area contributed by atoms with Crippen LogP contribution in [0.3, 0.4) is 0 Å². The van der Waals surface area contributed by atoms with Gasteiger partial charge in [0.15, 0.2) is 5.78 Å². The van der Waals surface area contributed by atoms with Gasteiger partial charge in [0.05, 0.1) is 5.56 Å². The van der Waals surface area contributed by atoms with Gasteiger partial charge in [0, 0.05) is 5.92 Å². The lowest BCUT2D eigenvalue weighted by Gasteiger charge is -2.11. The Hall–Kier alpha value is -1.31. The quantitative estimate of drug-likeness (QED) is 0.744. The highest BCUT2D eigenvalue weighted by molar-refractivity contribution is 6.00. The number of phenolic OH excluding ortho intramolecular Hbond substituents is 1. The van der Waals surface area contributed by atoms with Crippen LogP contribution in [-0.2, 0) is 0 Å². The van der Waals surface area contributed by atoms with Crippen LogP contribution in [0.1, 0.15) is 37.0 Å². The van der Waals surface area contributed by atoms with Crippen molar-refractivity contribution in [1.29, 1.82) is 0 Å². The predicted molar refractivity (Wildman–Crippen MR) is 56.5 cm³/mol. The van der Waals surface area contributed by atoms with Crippen molar-refractivity contribution in [2.75, 3.05) is 0 Å². The minimum Gasteiger partial charge on any atom is -0.507 e. The normalized spacial score (nSPS) is 10.5. The number of aromatic hydroxyl groups is 1. The summed E-state index contributed by atoms with van der Waals surface area (Å²) in [6.45, 7) is 3.98. The molecule has 0 atom stereocenters. The number of ketones is 1. The van der Waals surface area contributed by atoms with Gasteiger partial charge < -0.3 is 5.11 Å². The third-order valence-electron chi connectivity index (χ3n) is 2.53. The molecule has 14 heavy (non-hydrogen) atoms. The lowest BCUT2D eigenvalue weighted by Crippen LogP contribution is -2.12. The van der Waals surface area contributed by atoms with Crippen molar-refractivity contribution < 1.29 is 9.90 Å². The number of Topliss-reactive ketones (excluding diaryl/α,β-unsaturated/α-hetero) is 1. The Morgan fingerprint density at radius 2 is 1.86 bits per heavy atom. The van der Waals surface area contributed by atoms with Crippen LogP contribution >= 0.6 is 0 Å². The fourth-order valence-electron chi connectivity index (χ4n) is 1.56. The molecule has 0 bridgehead atoms. The van der Waals surface area contributed by atoms with E-state index in [1.165, 1.54) is 0 Å². The van der Waals surface area contributed by atoms with Crippen LogP contribution in [0.4, 0.5) is 0 Å². The summed E-state index contributed by atoms with van der Waals surface area (Å²) in [6.07, 6.45) is 1.65. The van der Waals surface area contributed by atoms with E-state index in [1.807, 2.05) is 13.8 Å². The molecule has 0 saturated carbocycles. The highest BCUT2D eigenvalue weighted by atomic mass is 16.3. The van der Waals surface area contributed by atoms with Crippen LogP contribution in [0.5, 0.6) is 5.75 Å². The van der Waals surface area contributed by atoms with Crippen LogP contribution in [0, 0.1) is 5.92 Å². The molecular weight excluding hydrogens is 176 g/mol. The zero-order valence-corrected chi connectivity index (χ0v) is 8.66. The second kappa shape index (κ2) is 4.80. The van der Waals surface area contributed by atoms with E-state index in [0.29, 0.717) is 5.56 Å². The lowest BCUT2D eigenvalue weighted by molar-refractivity contribution is 0.0910. The van der Waals surface area contributed by atoms with Crippen molar-refractivity contribution >= 4 is 5.78 Å². The Balaban J connectivity index is 2.94. The SMILES string of the molecule is CCC(CC)C(=O)c1ccccc1O. The summed E-state index contributed by atoms with van der Waals surface area (Å²) >= 11 is 0. The molecule has 76 valence electrons. The molecule has 0 saturated heterocycles. The Kier molecular flexibility index (Phi) is 3.69. The zero-order valence-electron chi connectivity index (χ0n) is 8.66. The molecule has 0 aliphatic carbocycles. The van der Waals surface area contributed by atoms with Gasteiger partial charge in [-0.25, -0.2) is 0 Å². The molecule has 1 N–H and O–H groups in total. The third kappa shape index (κ3) is 2.13. The summed E-state index contributed by atoms with van der Waals surface area (Å²) in [4.78, 5) is 11.9. The maximum absolute atomic E-state index is 11.9. The van der Waals surface area contributed by atoms with Gasteiger partial charge in [-0.15, -0.1) is 0 Å². The van der Waals surface area contributed by atoms with Crippen LogP contribution in [0.2, 0.25) is 0 Å². The minimum atomic E-state index is 0.0308. The molecule has 1 aromatic rings. The lowest BCUT2D eigenvalue weighted by atomic mass is 9.93. The van der Waals surface area contributed by atoms with Crippen molar-refractivity contribution in [1.82, 2.24) is 0 Å². The molecule has 0 aliphatic heterocycles. The Morgan fingerprint density at radius 3 is 2.36 bits per heavy atom. The number of carbonyl (C=O) groups is 1. The molecular formula is C12H16O2. The Morgan fingerprint density at radius 1 is 1.29 bits per heavy atom. The van der Waals surface area contributed by atoms with Crippen LogP contribution < -0.4 is 0 Å². The molecule has 0 aromatic heterocycles. The highest BCUT2D eigenvalue weighted by Gasteiger charge is 2.18. The van der Waals surface area contributed by atoms with Crippen LogP contribution in [0.25, 0.3) is 0 Å². The monoisotopic (exact) mass is 192 g/mol. The first-order valence-electron chi connectivity index (χ1n) is 5.02. The maximum atomic E-state index is 11.9. The molecule has 2 heteroatoms. The molecule has 0 unspecified atom stereocenters. The van der Waals surface area contributed by atoms with E-state index in [9.17, 15) is 9.90 Å². The second-order valence-electron chi connectivity index (χ2n) is 3.39. The van der Waals surface area contributed by atoms with E-state index in [0.717, 1.165) is 12.8 Å². The fraction of sp³-hybridized carbons (Fsp3) is 0.417. The first kappa shape index (κ1) is 10.8. The van der Waals surface area contributed by atoms with Crippen molar-refractivity contribution in [3.63, 3.8) is 0 Å². The number of hydrogen-bond acceptors (Lipinski definition) is 2. The minimum absolute atomic E-state index is 0.0308. The zero-order chi connectivity index (χ0) is 10.6. The standard InChI is InChI=1S/C12H16O2/c1-3-9(4-2)12(14)10-7-5-6-8-11(10)13/h5-9,13H,3-4H2,1-2H3. The van der Waals surface area contributed by atoms with Gasteiger partial charge >= 0.3 is 0 Å². The molecule has 0 radical (unpaired) electrons. The van der Waals surface area contributed by atoms with Crippen molar-refractivity contribution in [3.05, 3.63) is 29.8 Å². The van der Waals surface area contributed by atoms with Gasteiger partial charge in [0.1, 0.15) is 5.75 Å². The van der Waals surface area contributed by atoms with Crippen LogP contribution in [0.15, 0.2) is 24.3 Å². The first-order chi connectivity index (χ1) is 6.70. The number of rotatable bonds is 4. The molecule has 0 amide bonds. The van der Waals surface area contributed by atoms with E-state index in [4.69, 9.17) is 0 Å². The summed E-state index contributed by atoms with van der Waals surface area (Å²) in [6, 6.07) is 6.72. The summed E-state index contributed by atoms with van der Waals surface area (Å²) in [7, 11) is 0. The second-order valence-corrected chi connectivity index (χ2v) is 3.39. The average molecular weight is 192 g/mol.